The van der Waals surface area contributed by atoms with Gasteiger partial charge in [-0.3, -0.25) is 0 Å². The van der Waals surface area contributed by atoms with Crippen LogP contribution in [0.15, 0.2) is 48.7 Å². The molecule has 3 nitrogen and oxygen atoms in total. The van der Waals surface area contributed by atoms with E-state index in [0.29, 0.717) is 6.54 Å². The molecule has 0 fully saturated rings. The molecule has 0 unspecified atom stereocenters. The first-order chi connectivity index (χ1) is 9.79. The number of nitrogens with two attached hydrogens (primary N) is 1. The standard InChI is InChI=1S/C16H16FN3/c17-13-8-9-15-19-16(12-5-2-1-3-6-12)14(7-4-10-18)20(15)11-13/h1-3,5-6,8-9,11H,4,7,10,18H2. The van der Waals surface area contributed by atoms with Crippen molar-refractivity contribution >= 4 is 5.65 Å². The number of aromatic nitrogens is 2. The van der Waals surface area contributed by atoms with E-state index in [1.54, 1.807) is 6.07 Å². The van der Waals surface area contributed by atoms with Crippen LogP contribution in [0.5, 0.6) is 0 Å². The van der Waals surface area contributed by atoms with E-state index in [0.717, 1.165) is 35.4 Å². The maximum atomic E-state index is 13.5. The first kappa shape index (κ1) is 12.8. The summed E-state index contributed by atoms with van der Waals surface area (Å²) in [5.74, 6) is -0.261. The lowest BCUT2D eigenvalue weighted by molar-refractivity contribution is 0.617. The summed E-state index contributed by atoms with van der Waals surface area (Å²) in [4.78, 5) is 4.63. The van der Waals surface area contributed by atoms with Crippen LogP contribution in [0.1, 0.15) is 12.1 Å². The highest BCUT2D eigenvalue weighted by molar-refractivity contribution is 5.66. The molecule has 2 aromatic heterocycles. The lowest BCUT2D eigenvalue weighted by atomic mass is 10.1. The third-order valence-electron chi connectivity index (χ3n) is 3.35. The number of fused-ring (bicyclic) bond motifs is 1. The molecule has 0 aliphatic rings. The third-order valence-corrected chi connectivity index (χ3v) is 3.35. The van der Waals surface area contributed by atoms with Crippen LogP contribution in [0.4, 0.5) is 4.39 Å². The summed E-state index contributed by atoms with van der Waals surface area (Å²) in [5, 5.41) is 0. The number of rotatable bonds is 4. The molecule has 102 valence electrons. The van der Waals surface area contributed by atoms with Gasteiger partial charge in [0.05, 0.1) is 11.4 Å². The molecular formula is C16H16FN3. The van der Waals surface area contributed by atoms with Crippen LogP contribution in [-0.4, -0.2) is 15.9 Å². The molecule has 0 saturated heterocycles. The molecule has 2 N–H and O–H groups in total. The van der Waals surface area contributed by atoms with Gasteiger partial charge in [-0.05, 0) is 31.5 Å². The van der Waals surface area contributed by atoms with Gasteiger partial charge < -0.3 is 10.1 Å². The second-order valence-electron chi connectivity index (χ2n) is 4.74. The molecule has 2 heterocycles. The van der Waals surface area contributed by atoms with Gasteiger partial charge in [-0.25, -0.2) is 9.37 Å². The summed E-state index contributed by atoms with van der Waals surface area (Å²) >= 11 is 0. The maximum Gasteiger partial charge on any atom is 0.139 e. The summed E-state index contributed by atoms with van der Waals surface area (Å²) in [6, 6.07) is 13.1. The van der Waals surface area contributed by atoms with Crippen LogP contribution in [0.2, 0.25) is 0 Å². The van der Waals surface area contributed by atoms with Crippen LogP contribution < -0.4 is 5.73 Å². The molecule has 0 amide bonds. The van der Waals surface area contributed by atoms with Gasteiger partial charge in [-0.1, -0.05) is 30.3 Å². The summed E-state index contributed by atoms with van der Waals surface area (Å²) in [6.07, 6.45) is 3.12. The fraction of sp³-hybridized carbons (Fsp3) is 0.188. The SMILES string of the molecule is NCCCc1c(-c2ccccc2)nc2ccc(F)cn12. The Morgan fingerprint density at radius 1 is 1.10 bits per heavy atom. The lowest BCUT2D eigenvalue weighted by Crippen LogP contribution is -2.03. The number of nitrogens with zero attached hydrogens (tertiary/aromatic N) is 2. The molecule has 0 radical (unpaired) electrons. The van der Waals surface area contributed by atoms with Crippen LogP contribution in [0, 0.1) is 5.82 Å². The zero-order chi connectivity index (χ0) is 13.9. The Morgan fingerprint density at radius 2 is 1.90 bits per heavy atom. The molecule has 3 rings (SSSR count). The van der Waals surface area contributed by atoms with Gasteiger partial charge >= 0.3 is 0 Å². The molecule has 20 heavy (non-hydrogen) atoms. The molecule has 1 aromatic carbocycles. The first-order valence-corrected chi connectivity index (χ1v) is 6.71. The highest BCUT2D eigenvalue weighted by Gasteiger charge is 2.13. The zero-order valence-electron chi connectivity index (χ0n) is 11.1. The average molecular weight is 269 g/mol. The average Bonchev–Trinajstić information content (AvgIpc) is 2.84. The van der Waals surface area contributed by atoms with E-state index in [9.17, 15) is 4.39 Å². The number of hydrogen-bond acceptors (Lipinski definition) is 2. The van der Waals surface area contributed by atoms with Crippen LogP contribution in [0.3, 0.4) is 0 Å². The van der Waals surface area contributed by atoms with Gasteiger partial charge in [0, 0.05) is 11.8 Å². The Bertz CT molecular complexity index is 719. The molecule has 3 aromatic rings. The van der Waals surface area contributed by atoms with E-state index in [1.165, 1.54) is 12.3 Å². The second-order valence-corrected chi connectivity index (χ2v) is 4.74. The third kappa shape index (κ3) is 2.30. The zero-order valence-corrected chi connectivity index (χ0v) is 11.1. The summed E-state index contributed by atoms with van der Waals surface area (Å²) in [7, 11) is 0. The van der Waals surface area contributed by atoms with Gasteiger partial charge in [0.25, 0.3) is 0 Å². The fourth-order valence-corrected chi connectivity index (χ4v) is 2.40. The van der Waals surface area contributed by atoms with Crippen molar-refractivity contribution in [1.82, 2.24) is 9.38 Å². The van der Waals surface area contributed by atoms with E-state index in [1.807, 2.05) is 34.7 Å². The fourth-order valence-electron chi connectivity index (χ4n) is 2.40. The van der Waals surface area contributed by atoms with Crippen LogP contribution in [-0.2, 0) is 6.42 Å². The number of halogens is 1. The molecule has 0 aliphatic heterocycles. The Kier molecular flexibility index (Phi) is 3.48. The molecule has 0 atom stereocenters. The highest BCUT2D eigenvalue weighted by atomic mass is 19.1. The van der Waals surface area contributed by atoms with Crippen molar-refractivity contribution in [2.45, 2.75) is 12.8 Å². The molecule has 0 spiro atoms. The van der Waals surface area contributed by atoms with Gasteiger partial charge in [-0.15, -0.1) is 0 Å². The molecule has 4 heteroatoms. The number of pyridine rings is 1. The van der Waals surface area contributed by atoms with Crippen molar-refractivity contribution in [3.63, 3.8) is 0 Å². The van der Waals surface area contributed by atoms with Crippen molar-refractivity contribution in [3.8, 4) is 11.3 Å². The summed E-state index contributed by atoms with van der Waals surface area (Å²) in [6.45, 7) is 0.608. The van der Waals surface area contributed by atoms with Crippen molar-refractivity contribution in [3.05, 3.63) is 60.2 Å². The summed E-state index contributed by atoms with van der Waals surface area (Å²) in [5.41, 5.74) is 9.33. The van der Waals surface area contributed by atoms with Crippen molar-refractivity contribution in [2.75, 3.05) is 6.54 Å². The predicted molar refractivity (Wildman–Crippen MR) is 78.0 cm³/mol. The van der Waals surface area contributed by atoms with Crippen molar-refractivity contribution < 1.29 is 4.39 Å². The first-order valence-electron chi connectivity index (χ1n) is 6.71. The Labute approximate surface area is 116 Å². The minimum atomic E-state index is -0.261. The van der Waals surface area contributed by atoms with Crippen LogP contribution in [0.25, 0.3) is 16.9 Å². The van der Waals surface area contributed by atoms with E-state index in [4.69, 9.17) is 5.73 Å². The molecule has 0 bridgehead atoms. The van der Waals surface area contributed by atoms with Gasteiger partial charge in [0.2, 0.25) is 0 Å². The Morgan fingerprint density at radius 3 is 2.65 bits per heavy atom. The van der Waals surface area contributed by atoms with Crippen LogP contribution >= 0.6 is 0 Å². The number of imidazole rings is 1. The van der Waals surface area contributed by atoms with Gasteiger partial charge in [-0.2, -0.15) is 0 Å². The number of benzene rings is 1. The van der Waals surface area contributed by atoms with Crippen molar-refractivity contribution in [2.24, 2.45) is 5.73 Å². The largest absolute Gasteiger partial charge is 0.330 e. The summed E-state index contributed by atoms with van der Waals surface area (Å²) < 4.78 is 15.3. The molecule has 0 aliphatic carbocycles. The normalized spacial score (nSPS) is 11.1. The monoisotopic (exact) mass is 269 g/mol. The maximum absolute atomic E-state index is 13.5. The van der Waals surface area contributed by atoms with E-state index >= 15 is 0 Å². The van der Waals surface area contributed by atoms with Crippen molar-refractivity contribution in [1.29, 1.82) is 0 Å². The van der Waals surface area contributed by atoms with Gasteiger partial charge in [0.1, 0.15) is 11.5 Å². The van der Waals surface area contributed by atoms with E-state index < -0.39 is 0 Å². The molecule has 0 saturated carbocycles. The number of hydrogen-bond donors (Lipinski definition) is 1. The van der Waals surface area contributed by atoms with E-state index in [2.05, 4.69) is 4.98 Å². The smallest absolute Gasteiger partial charge is 0.139 e. The lowest BCUT2D eigenvalue weighted by Gasteiger charge is -2.04. The Hall–Kier alpha value is -2.20. The Balaban J connectivity index is 2.19. The highest BCUT2D eigenvalue weighted by Crippen LogP contribution is 2.25. The van der Waals surface area contributed by atoms with E-state index in [-0.39, 0.29) is 5.82 Å². The second kappa shape index (κ2) is 5.43. The van der Waals surface area contributed by atoms with Gasteiger partial charge in [0.15, 0.2) is 0 Å². The minimum Gasteiger partial charge on any atom is -0.330 e. The minimum absolute atomic E-state index is 0.261. The quantitative estimate of drug-likeness (QED) is 0.791. The number of aryl methyl sites for hydroxylation is 1. The topological polar surface area (TPSA) is 43.3 Å². The predicted octanol–water partition coefficient (Wildman–Crippen LogP) is 3.03. The molecular weight excluding hydrogens is 253 g/mol.